The average molecular weight is 290 g/mol. The monoisotopic (exact) mass is 290 g/mol. The molecule has 0 radical (unpaired) electrons. The highest BCUT2D eigenvalue weighted by Crippen LogP contribution is 2.41. The molecule has 0 heterocycles. The summed E-state index contributed by atoms with van der Waals surface area (Å²) in [6.07, 6.45) is 5.32. The number of hydrogen-bond acceptors (Lipinski definition) is 2. The molecule has 21 heavy (non-hydrogen) atoms. The van der Waals surface area contributed by atoms with E-state index in [1.165, 1.54) is 18.4 Å². The Kier molecular flexibility index (Phi) is 5.32. The lowest BCUT2D eigenvalue weighted by molar-refractivity contribution is 0.0160. The van der Waals surface area contributed by atoms with E-state index >= 15 is 0 Å². The second-order valence-corrected chi connectivity index (χ2v) is 7.59. The van der Waals surface area contributed by atoms with Crippen molar-refractivity contribution in [2.24, 2.45) is 17.3 Å². The Hall–Kier alpha value is -1.02. The molecular formula is C19H30O2. The van der Waals surface area contributed by atoms with Gasteiger partial charge in [-0.3, -0.25) is 0 Å². The largest absolute Gasteiger partial charge is 0.497 e. The predicted molar refractivity (Wildman–Crippen MR) is 87.6 cm³/mol. The van der Waals surface area contributed by atoms with Gasteiger partial charge in [-0.2, -0.15) is 0 Å². The Morgan fingerprint density at radius 3 is 2.38 bits per heavy atom. The van der Waals surface area contributed by atoms with Crippen LogP contribution in [0.5, 0.6) is 5.75 Å². The fourth-order valence-electron chi connectivity index (χ4n) is 3.49. The number of benzene rings is 1. The Morgan fingerprint density at radius 2 is 1.81 bits per heavy atom. The van der Waals surface area contributed by atoms with E-state index in [2.05, 4.69) is 32.9 Å². The minimum Gasteiger partial charge on any atom is -0.497 e. The fraction of sp³-hybridized carbons (Fsp3) is 0.684. The smallest absolute Gasteiger partial charge is 0.118 e. The number of ether oxygens (including phenoxy) is 1. The molecule has 0 aromatic heterocycles. The van der Waals surface area contributed by atoms with Crippen LogP contribution in [0.3, 0.4) is 0 Å². The zero-order valence-corrected chi connectivity index (χ0v) is 13.9. The molecule has 3 atom stereocenters. The molecule has 118 valence electrons. The topological polar surface area (TPSA) is 29.5 Å². The Balaban J connectivity index is 1.91. The number of aryl methyl sites for hydroxylation is 1. The normalized spacial score (nSPS) is 26.6. The van der Waals surface area contributed by atoms with Crippen LogP contribution in [-0.4, -0.2) is 18.3 Å². The Labute approximate surface area is 129 Å². The number of aliphatic hydroxyl groups excluding tert-OH is 1. The first-order valence-corrected chi connectivity index (χ1v) is 8.21. The number of rotatable bonds is 4. The van der Waals surface area contributed by atoms with Gasteiger partial charge >= 0.3 is 0 Å². The molecule has 1 aromatic rings. The molecule has 2 nitrogen and oxygen atoms in total. The summed E-state index contributed by atoms with van der Waals surface area (Å²) in [6, 6.07) is 8.31. The lowest BCUT2D eigenvalue weighted by Gasteiger charge is -2.40. The summed E-state index contributed by atoms with van der Waals surface area (Å²) in [5.74, 6) is 2.09. The van der Waals surface area contributed by atoms with Crippen LogP contribution >= 0.6 is 0 Å². The molecule has 3 unspecified atom stereocenters. The lowest BCUT2D eigenvalue weighted by Crippen LogP contribution is -2.34. The van der Waals surface area contributed by atoms with Gasteiger partial charge < -0.3 is 9.84 Å². The van der Waals surface area contributed by atoms with Gasteiger partial charge in [-0.05, 0) is 67.1 Å². The number of aliphatic hydroxyl groups is 1. The van der Waals surface area contributed by atoms with Gasteiger partial charge in [0.25, 0.3) is 0 Å². The third-order valence-corrected chi connectivity index (χ3v) is 5.13. The molecule has 0 aliphatic heterocycles. The maximum Gasteiger partial charge on any atom is 0.118 e. The van der Waals surface area contributed by atoms with Crippen molar-refractivity contribution >= 4 is 0 Å². The second-order valence-electron chi connectivity index (χ2n) is 7.59. The number of hydrogen-bond donors (Lipinski definition) is 1. The minimum atomic E-state index is -0.109. The van der Waals surface area contributed by atoms with E-state index in [1.54, 1.807) is 7.11 Å². The van der Waals surface area contributed by atoms with E-state index in [0.717, 1.165) is 30.9 Å². The molecule has 0 saturated heterocycles. The Morgan fingerprint density at radius 1 is 1.14 bits per heavy atom. The van der Waals surface area contributed by atoms with E-state index in [0.29, 0.717) is 11.3 Å². The molecule has 1 fully saturated rings. The molecule has 2 rings (SSSR count). The van der Waals surface area contributed by atoms with Gasteiger partial charge in [-0.25, -0.2) is 0 Å². The van der Waals surface area contributed by atoms with Gasteiger partial charge in [0.1, 0.15) is 5.75 Å². The number of methoxy groups -OCH3 is 1. The van der Waals surface area contributed by atoms with Crippen LogP contribution in [0.4, 0.5) is 0 Å². The van der Waals surface area contributed by atoms with E-state index < -0.39 is 0 Å². The van der Waals surface area contributed by atoms with Crippen molar-refractivity contribution in [1.82, 2.24) is 0 Å². The Bertz CT molecular complexity index is 430. The molecule has 1 aliphatic carbocycles. The standard InChI is InChI=1S/C19H30O2/c1-19(2,3)16-9-12-18(20)15(13-16)8-5-14-6-10-17(21-4)11-7-14/h6-7,10-11,15-16,18,20H,5,8-9,12-13H2,1-4H3. The summed E-state index contributed by atoms with van der Waals surface area (Å²) in [6.45, 7) is 6.99. The first kappa shape index (κ1) is 16.4. The van der Waals surface area contributed by atoms with Crippen LogP contribution in [-0.2, 0) is 6.42 Å². The molecular weight excluding hydrogens is 260 g/mol. The van der Waals surface area contributed by atoms with Crippen LogP contribution in [0.25, 0.3) is 0 Å². The van der Waals surface area contributed by atoms with Gasteiger partial charge in [-0.15, -0.1) is 0 Å². The van der Waals surface area contributed by atoms with Crippen molar-refractivity contribution in [3.8, 4) is 5.75 Å². The maximum atomic E-state index is 10.3. The summed E-state index contributed by atoms with van der Waals surface area (Å²) >= 11 is 0. The second kappa shape index (κ2) is 6.83. The minimum absolute atomic E-state index is 0.109. The van der Waals surface area contributed by atoms with E-state index in [-0.39, 0.29) is 6.10 Å². The molecule has 2 heteroatoms. The average Bonchev–Trinajstić information content (AvgIpc) is 2.45. The third kappa shape index (κ3) is 4.47. The first-order chi connectivity index (χ1) is 9.90. The molecule has 0 bridgehead atoms. The molecule has 1 saturated carbocycles. The zero-order valence-electron chi connectivity index (χ0n) is 13.9. The van der Waals surface area contributed by atoms with Crippen molar-refractivity contribution in [2.75, 3.05) is 7.11 Å². The van der Waals surface area contributed by atoms with E-state index in [4.69, 9.17) is 4.74 Å². The highest BCUT2D eigenvalue weighted by atomic mass is 16.5. The van der Waals surface area contributed by atoms with Crippen LogP contribution in [0.15, 0.2) is 24.3 Å². The first-order valence-electron chi connectivity index (χ1n) is 8.21. The van der Waals surface area contributed by atoms with E-state index in [9.17, 15) is 5.11 Å². The van der Waals surface area contributed by atoms with Gasteiger partial charge in [-0.1, -0.05) is 32.9 Å². The van der Waals surface area contributed by atoms with Crippen LogP contribution in [0, 0.1) is 17.3 Å². The van der Waals surface area contributed by atoms with Crippen LogP contribution in [0.1, 0.15) is 52.0 Å². The van der Waals surface area contributed by atoms with E-state index in [1.807, 2.05) is 12.1 Å². The molecule has 0 amide bonds. The van der Waals surface area contributed by atoms with Gasteiger partial charge in [0, 0.05) is 0 Å². The van der Waals surface area contributed by atoms with Crippen molar-refractivity contribution in [1.29, 1.82) is 0 Å². The molecule has 1 aromatic carbocycles. The SMILES string of the molecule is COc1ccc(CCC2CC(C(C)(C)C)CCC2O)cc1. The van der Waals surface area contributed by atoms with Crippen LogP contribution < -0.4 is 4.74 Å². The third-order valence-electron chi connectivity index (χ3n) is 5.13. The maximum absolute atomic E-state index is 10.3. The van der Waals surface area contributed by atoms with Crippen molar-refractivity contribution < 1.29 is 9.84 Å². The quantitative estimate of drug-likeness (QED) is 0.887. The van der Waals surface area contributed by atoms with Crippen molar-refractivity contribution in [3.63, 3.8) is 0 Å². The van der Waals surface area contributed by atoms with Crippen LogP contribution in [0.2, 0.25) is 0 Å². The molecule has 1 N–H and O–H groups in total. The van der Waals surface area contributed by atoms with Crippen molar-refractivity contribution in [2.45, 2.75) is 59.0 Å². The van der Waals surface area contributed by atoms with Gasteiger partial charge in [0.15, 0.2) is 0 Å². The molecule has 1 aliphatic rings. The summed E-state index contributed by atoms with van der Waals surface area (Å²) in [7, 11) is 1.69. The van der Waals surface area contributed by atoms with Crippen molar-refractivity contribution in [3.05, 3.63) is 29.8 Å². The highest BCUT2D eigenvalue weighted by molar-refractivity contribution is 5.27. The fourth-order valence-corrected chi connectivity index (χ4v) is 3.49. The predicted octanol–water partition coefficient (Wildman–Crippen LogP) is 4.45. The summed E-state index contributed by atoms with van der Waals surface area (Å²) in [5, 5.41) is 10.3. The summed E-state index contributed by atoms with van der Waals surface area (Å²) < 4.78 is 5.19. The highest BCUT2D eigenvalue weighted by Gasteiger charge is 2.34. The summed E-state index contributed by atoms with van der Waals surface area (Å²) in [4.78, 5) is 0. The lowest BCUT2D eigenvalue weighted by atomic mass is 9.67. The zero-order chi connectivity index (χ0) is 15.5. The molecule has 0 spiro atoms. The van der Waals surface area contributed by atoms with Gasteiger partial charge in [0.05, 0.1) is 13.2 Å². The summed E-state index contributed by atoms with van der Waals surface area (Å²) in [5.41, 5.74) is 1.69. The van der Waals surface area contributed by atoms with Gasteiger partial charge in [0.2, 0.25) is 0 Å².